The molecule has 4 atom stereocenters. The van der Waals surface area contributed by atoms with Gasteiger partial charge in [0.25, 0.3) is 5.69 Å². The number of hydrogen-bond donors (Lipinski definition) is 1. The third-order valence-corrected chi connectivity index (χ3v) is 4.88. The van der Waals surface area contributed by atoms with Crippen LogP contribution < -0.4 is 4.90 Å². The van der Waals surface area contributed by atoms with Crippen LogP contribution in [0.2, 0.25) is 0 Å². The molecule has 7 nitrogen and oxygen atoms in total. The molecule has 7 heteroatoms. The van der Waals surface area contributed by atoms with Crippen LogP contribution in [0, 0.1) is 33.8 Å². The number of fused-ring (bicyclic) bond motifs is 5. The first-order chi connectivity index (χ1) is 10.5. The maximum absolute atomic E-state index is 12.6. The van der Waals surface area contributed by atoms with Crippen molar-refractivity contribution in [2.75, 3.05) is 4.90 Å². The highest BCUT2D eigenvalue weighted by Crippen LogP contribution is 2.53. The number of rotatable bonds is 2. The SMILES string of the molecule is O=C1[C@@H]2[C@H](C(=O)N1c1ccc([N+](=O)[O-])cc1O)[C@H]1C=C[C@@H]2C1. The van der Waals surface area contributed by atoms with Gasteiger partial charge in [-0.1, -0.05) is 12.2 Å². The summed E-state index contributed by atoms with van der Waals surface area (Å²) in [6, 6.07) is 3.38. The minimum absolute atomic E-state index is 0.0226. The summed E-state index contributed by atoms with van der Waals surface area (Å²) in [5, 5.41) is 20.7. The fourth-order valence-electron chi connectivity index (χ4n) is 3.95. The maximum Gasteiger partial charge on any atom is 0.273 e. The molecule has 1 heterocycles. The van der Waals surface area contributed by atoms with Crippen molar-refractivity contribution in [3.05, 3.63) is 40.5 Å². The highest BCUT2D eigenvalue weighted by Gasteiger charge is 2.59. The van der Waals surface area contributed by atoms with Gasteiger partial charge in [-0.3, -0.25) is 19.7 Å². The lowest BCUT2D eigenvalue weighted by Gasteiger charge is -2.18. The van der Waals surface area contributed by atoms with Gasteiger partial charge in [-0.15, -0.1) is 0 Å². The minimum atomic E-state index is -0.643. The van der Waals surface area contributed by atoms with E-state index in [1.165, 1.54) is 12.1 Å². The highest BCUT2D eigenvalue weighted by atomic mass is 16.6. The normalized spacial score (nSPS) is 31.9. The van der Waals surface area contributed by atoms with Crippen LogP contribution in [0.5, 0.6) is 5.75 Å². The van der Waals surface area contributed by atoms with Crippen LogP contribution in [0.15, 0.2) is 30.4 Å². The van der Waals surface area contributed by atoms with Gasteiger partial charge < -0.3 is 5.11 Å². The first-order valence-electron chi connectivity index (χ1n) is 7.02. The van der Waals surface area contributed by atoms with Gasteiger partial charge in [-0.25, -0.2) is 4.90 Å². The second kappa shape index (κ2) is 4.16. The van der Waals surface area contributed by atoms with E-state index in [9.17, 15) is 24.8 Å². The average molecular weight is 300 g/mol. The van der Waals surface area contributed by atoms with Crippen LogP contribution in [0.1, 0.15) is 6.42 Å². The van der Waals surface area contributed by atoms with Crippen molar-refractivity contribution in [2.24, 2.45) is 23.7 Å². The Morgan fingerprint density at radius 2 is 1.73 bits per heavy atom. The van der Waals surface area contributed by atoms with Crippen LogP contribution in [0.4, 0.5) is 11.4 Å². The average Bonchev–Trinajstić information content (AvgIpc) is 3.14. The summed E-state index contributed by atoms with van der Waals surface area (Å²) >= 11 is 0. The Morgan fingerprint density at radius 3 is 2.23 bits per heavy atom. The fourth-order valence-corrected chi connectivity index (χ4v) is 3.95. The van der Waals surface area contributed by atoms with Gasteiger partial charge in [0.05, 0.1) is 28.5 Å². The minimum Gasteiger partial charge on any atom is -0.505 e. The number of nitro groups is 1. The summed E-state index contributed by atoms with van der Waals surface area (Å²) < 4.78 is 0. The second-order valence-electron chi connectivity index (χ2n) is 5.94. The van der Waals surface area contributed by atoms with E-state index in [2.05, 4.69) is 0 Å². The number of benzene rings is 1. The van der Waals surface area contributed by atoms with Crippen molar-refractivity contribution < 1.29 is 19.6 Å². The zero-order chi connectivity index (χ0) is 15.6. The molecule has 4 rings (SSSR count). The van der Waals surface area contributed by atoms with Crippen molar-refractivity contribution >= 4 is 23.2 Å². The van der Waals surface area contributed by atoms with Gasteiger partial charge >= 0.3 is 0 Å². The fraction of sp³-hybridized carbons (Fsp3) is 0.333. The molecule has 2 bridgehead atoms. The topological polar surface area (TPSA) is 101 Å². The lowest BCUT2D eigenvalue weighted by Crippen LogP contribution is -2.32. The molecule has 1 aromatic rings. The summed E-state index contributed by atoms with van der Waals surface area (Å²) in [5.74, 6) is -1.65. The summed E-state index contributed by atoms with van der Waals surface area (Å²) in [6.07, 6.45) is 4.79. The number of carbonyl (C=O) groups excluding carboxylic acids is 2. The van der Waals surface area contributed by atoms with Gasteiger partial charge in [0.1, 0.15) is 5.75 Å². The van der Waals surface area contributed by atoms with Crippen molar-refractivity contribution in [3.63, 3.8) is 0 Å². The number of hydrogen-bond acceptors (Lipinski definition) is 5. The molecule has 3 aliphatic rings. The third kappa shape index (κ3) is 1.50. The van der Waals surface area contributed by atoms with E-state index >= 15 is 0 Å². The van der Waals surface area contributed by atoms with Gasteiger partial charge in [-0.2, -0.15) is 0 Å². The molecule has 0 spiro atoms. The lowest BCUT2D eigenvalue weighted by atomic mass is 9.85. The van der Waals surface area contributed by atoms with Crippen LogP contribution in [0.25, 0.3) is 0 Å². The van der Waals surface area contributed by atoms with Crippen molar-refractivity contribution in [1.29, 1.82) is 0 Å². The van der Waals surface area contributed by atoms with Crippen molar-refractivity contribution in [3.8, 4) is 5.75 Å². The molecule has 1 aromatic carbocycles. The Hall–Kier alpha value is -2.70. The van der Waals surface area contributed by atoms with E-state index < -0.39 is 10.7 Å². The van der Waals surface area contributed by atoms with E-state index in [4.69, 9.17) is 0 Å². The number of imide groups is 1. The zero-order valence-electron chi connectivity index (χ0n) is 11.4. The maximum atomic E-state index is 12.6. The highest BCUT2D eigenvalue weighted by molar-refractivity contribution is 6.23. The Morgan fingerprint density at radius 1 is 1.14 bits per heavy atom. The Balaban J connectivity index is 1.74. The van der Waals surface area contributed by atoms with Crippen molar-refractivity contribution in [1.82, 2.24) is 0 Å². The molecule has 22 heavy (non-hydrogen) atoms. The molecule has 2 amide bonds. The lowest BCUT2D eigenvalue weighted by molar-refractivity contribution is -0.384. The quantitative estimate of drug-likeness (QED) is 0.387. The third-order valence-electron chi connectivity index (χ3n) is 4.88. The number of phenolic OH excluding ortho intramolecular Hbond substituents is 1. The number of amides is 2. The largest absolute Gasteiger partial charge is 0.505 e. The van der Waals surface area contributed by atoms with E-state index in [1.54, 1.807) is 0 Å². The monoisotopic (exact) mass is 300 g/mol. The van der Waals surface area contributed by atoms with E-state index in [1.807, 2.05) is 12.2 Å². The van der Waals surface area contributed by atoms with Gasteiger partial charge in [0.2, 0.25) is 11.8 Å². The zero-order valence-corrected chi connectivity index (χ0v) is 11.4. The molecule has 1 N–H and O–H groups in total. The number of anilines is 1. The molecular formula is C15H12N2O5. The molecule has 0 unspecified atom stereocenters. The molecule has 0 radical (unpaired) electrons. The number of nitrogens with zero attached hydrogens (tertiary/aromatic N) is 2. The molecule has 1 saturated carbocycles. The van der Waals surface area contributed by atoms with Crippen molar-refractivity contribution in [2.45, 2.75) is 6.42 Å². The molecule has 2 fully saturated rings. The standard InChI is InChI=1S/C15H12N2O5/c18-11-6-9(17(21)22)3-4-10(11)16-14(19)12-7-1-2-8(5-7)13(12)15(16)20/h1-4,6-8,12-13,18H,5H2/t7-,8+,12+,13-. The van der Waals surface area contributed by atoms with E-state index in [0.717, 1.165) is 17.4 Å². The predicted octanol–water partition coefficient (Wildman–Crippen LogP) is 1.61. The molecule has 0 aromatic heterocycles. The smallest absolute Gasteiger partial charge is 0.273 e. The number of non-ortho nitro benzene ring substituents is 1. The molecular weight excluding hydrogens is 288 g/mol. The second-order valence-corrected chi connectivity index (χ2v) is 5.94. The summed E-state index contributed by atoms with van der Waals surface area (Å²) in [4.78, 5) is 36.2. The Labute approximate surface area is 125 Å². The summed E-state index contributed by atoms with van der Waals surface area (Å²) in [6.45, 7) is 0. The number of nitro benzene ring substituents is 1. The Bertz CT molecular complexity index is 726. The first kappa shape index (κ1) is 13.0. The summed E-state index contributed by atoms with van der Waals surface area (Å²) in [7, 11) is 0. The van der Waals surface area contributed by atoms with Gasteiger partial charge in [0.15, 0.2) is 0 Å². The number of aromatic hydroxyl groups is 1. The molecule has 1 aliphatic heterocycles. The number of carbonyl (C=O) groups is 2. The molecule has 1 saturated heterocycles. The van der Waals surface area contributed by atoms with Crippen LogP contribution in [0.3, 0.4) is 0 Å². The number of allylic oxidation sites excluding steroid dienone is 2. The van der Waals surface area contributed by atoms with E-state index in [-0.39, 0.29) is 46.9 Å². The summed E-state index contributed by atoms with van der Waals surface area (Å²) in [5.41, 5.74) is -0.267. The first-order valence-corrected chi connectivity index (χ1v) is 7.02. The van der Waals surface area contributed by atoms with Crippen LogP contribution in [-0.2, 0) is 9.59 Å². The van der Waals surface area contributed by atoms with E-state index in [0.29, 0.717) is 0 Å². The predicted molar refractivity (Wildman–Crippen MR) is 75.0 cm³/mol. The van der Waals surface area contributed by atoms with Gasteiger partial charge in [-0.05, 0) is 24.3 Å². The number of phenols is 1. The Kier molecular flexibility index (Phi) is 2.46. The van der Waals surface area contributed by atoms with Crippen LogP contribution >= 0.6 is 0 Å². The van der Waals surface area contributed by atoms with Crippen LogP contribution in [-0.4, -0.2) is 21.8 Å². The molecule has 2 aliphatic carbocycles. The molecule has 112 valence electrons. The van der Waals surface area contributed by atoms with Gasteiger partial charge in [0, 0.05) is 6.07 Å².